The van der Waals surface area contributed by atoms with Crippen LogP contribution in [0.5, 0.6) is 5.75 Å². The molecule has 5 nitrogen and oxygen atoms in total. The van der Waals surface area contributed by atoms with Crippen LogP contribution in [0.15, 0.2) is 42.5 Å². The third-order valence-electron chi connectivity index (χ3n) is 4.84. The van der Waals surface area contributed by atoms with Gasteiger partial charge in [-0.15, -0.1) is 0 Å². The fourth-order valence-electron chi connectivity index (χ4n) is 3.24. The Balaban J connectivity index is 1.56. The van der Waals surface area contributed by atoms with Gasteiger partial charge in [0, 0.05) is 30.2 Å². The number of hydrogen-bond donors (Lipinski definition) is 1. The average Bonchev–Trinajstić information content (AvgIpc) is 3.22. The number of halogens is 1. The molecular formula is C22H25ClN2O3. The van der Waals surface area contributed by atoms with E-state index in [-0.39, 0.29) is 11.8 Å². The zero-order chi connectivity index (χ0) is 20.1. The molecule has 148 valence electrons. The van der Waals surface area contributed by atoms with Crippen molar-refractivity contribution in [2.24, 2.45) is 0 Å². The number of rotatable bonds is 6. The Kier molecular flexibility index (Phi) is 6.57. The Morgan fingerprint density at radius 1 is 1.18 bits per heavy atom. The van der Waals surface area contributed by atoms with Crippen molar-refractivity contribution in [2.75, 3.05) is 13.1 Å². The van der Waals surface area contributed by atoms with Crippen molar-refractivity contribution in [2.45, 2.75) is 39.3 Å². The number of carbonyl (C=O) groups excluding carboxylic acids is 2. The molecule has 1 heterocycles. The van der Waals surface area contributed by atoms with E-state index in [2.05, 4.69) is 5.32 Å². The number of nitrogens with zero attached hydrogens (tertiary/aromatic N) is 1. The molecule has 1 aliphatic rings. The zero-order valence-corrected chi connectivity index (χ0v) is 17.0. The second-order valence-corrected chi connectivity index (χ2v) is 7.52. The van der Waals surface area contributed by atoms with Gasteiger partial charge < -0.3 is 15.0 Å². The van der Waals surface area contributed by atoms with Crippen LogP contribution >= 0.6 is 11.6 Å². The van der Waals surface area contributed by atoms with Gasteiger partial charge in [0.2, 0.25) is 0 Å². The van der Waals surface area contributed by atoms with E-state index >= 15 is 0 Å². The van der Waals surface area contributed by atoms with Crippen molar-refractivity contribution in [3.05, 3.63) is 64.2 Å². The SMILES string of the molecule is Cc1cc(Cl)ccc1OC(C)C(=O)NCc1cccc(C(=O)N2CCCC2)c1. The van der Waals surface area contributed by atoms with Gasteiger partial charge in [0.1, 0.15) is 5.75 Å². The summed E-state index contributed by atoms with van der Waals surface area (Å²) in [5.74, 6) is 0.469. The van der Waals surface area contributed by atoms with Gasteiger partial charge >= 0.3 is 0 Å². The molecule has 0 aliphatic carbocycles. The molecule has 28 heavy (non-hydrogen) atoms. The molecule has 3 rings (SSSR count). The number of likely N-dealkylation sites (tertiary alicyclic amines) is 1. The van der Waals surface area contributed by atoms with E-state index in [1.54, 1.807) is 25.1 Å². The maximum Gasteiger partial charge on any atom is 0.261 e. The second-order valence-electron chi connectivity index (χ2n) is 7.09. The van der Waals surface area contributed by atoms with Crippen LogP contribution in [-0.4, -0.2) is 35.9 Å². The highest BCUT2D eigenvalue weighted by Crippen LogP contribution is 2.23. The fourth-order valence-corrected chi connectivity index (χ4v) is 3.47. The predicted molar refractivity (Wildman–Crippen MR) is 110 cm³/mol. The standard InChI is InChI=1S/C22H25ClN2O3/c1-15-12-19(23)8-9-20(15)28-16(2)21(26)24-14-17-6-5-7-18(13-17)22(27)25-10-3-4-11-25/h5-9,12-13,16H,3-4,10-11,14H2,1-2H3,(H,24,26). The summed E-state index contributed by atoms with van der Waals surface area (Å²) >= 11 is 5.95. The third-order valence-corrected chi connectivity index (χ3v) is 5.08. The molecule has 0 spiro atoms. The van der Waals surface area contributed by atoms with Crippen LogP contribution in [0.3, 0.4) is 0 Å². The molecule has 1 saturated heterocycles. The highest BCUT2D eigenvalue weighted by molar-refractivity contribution is 6.30. The van der Waals surface area contributed by atoms with Crippen molar-refractivity contribution < 1.29 is 14.3 Å². The summed E-state index contributed by atoms with van der Waals surface area (Å²) in [5.41, 5.74) is 2.42. The van der Waals surface area contributed by atoms with E-state index in [1.807, 2.05) is 36.1 Å². The molecule has 1 atom stereocenters. The maximum absolute atomic E-state index is 12.5. The van der Waals surface area contributed by atoms with E-state index in [0.29, 0.717) is 22.9 Å². The molecule has 1 unspecified atom stereocenters. The molecule has 2 amide bonds. The largest absolute Gasteiger partial charge is 0.481 e. The van der Waals surface area contributed by atoms with E-state index in [0.717, 1.165) is 37.1 Å². The van der Waals surface area contributed by atoms with Gasteiger partial charge in [-0.2, -0.15) is 0 Å². The summed E-state index contributed by atoms with van der Waals surface area (Å²) in [4.78, 5) is 26.8. The van der Waals surface area contributed by atoms with Crippen LogP contribution in [0.1, 0.15) is 41.3 Å². The molecule has 6 heteroatoms. The highest BCUT2D eigenvalue weighted by Gasteiger charge is 2.20. The zero-order valence-electron chi connectivity index (χ0n) is 16.2. The average molecular weight is 401 g/mol. The van der Waals surface area contributed by atoms with Crippen molar-refractivity contribution in [1.29, 1.82) is 0 Å². The minimum atomic E-state index is -0.644. The van der Waals surface area contributed by atoms with Gasteiger partial charge in [0.15, 0.2) is 6.10 Å². The predicted octanol–water partition coefficient (Wildman–Crippen LogP) is 3.97. The molecule has 1 aliphatic heterocycles. The van der Waals surface area contributed by atoms with E-state index < -0.39 is 6.10 Å². The lowest BCUT2D eigenvalue weighted by atomic mass is 10.1. The molecule has 0 radical (unpaired) electrons. The van der Waals surface area contributed by atoms with Crippen LogP contribution < -0.4 is 10.1 Å². The topological polar surface area (TPSA) is 58.6 Å². The summed E-state index contributed by atoms with van der Waals surface area (Å²) < 4.78 is 5.75. The number of ether oxygens (including phenoxy) is 1. The first-order chi connectivity index (χ1) is 13.4. The maximum atomic E-state index is 12.5. The van der Waals surface area contributed by atoms with E-state index in [4.69, 9.17) is 16.3 Å². The number of nitrogens with one attached hydrogen (secondary N) is 1. The van der Waals surface area contributed by atoms with Crippen molar-refractivity contribution in [1.82, 2.24) is 10.2 Å². The summed E-state index contributed by atoms with van der Waals surface area (Å²) in [6.07, 6.45) is 1.48. The molecule has 0 aromatic heterocycles. The smallest absolute Gasteiger partial charge is 0.261 e. The first kappa shape index (κ1) is 20.2. The van der Waals surface area contributed by atoms with Crippen LogP contribution in [0, 0.1) is 6.92 Å². The Hall–Kier alpha value is -2.53. The minimum absolute atomic E-state index is 0.0561. The lowest BCUT2D eigenvalue weighted by molar-refractivity contribution is -0.127. The first-order valence-corrected chi connectivity index (χ1v) is 9.90. The van der Waals surface area contributed by atoms with Crippen LogP contribution in [0.25, 0.3) is 0 Å². The molecule has 1 N–H and O–H groups in total. The molecule has 2 aromatic carbocycles. The highest BCUT2D eigenvalue weighted by atomic mass is 35.5. The summed E-state index contributed by atoms with van der Waals surface area (Å²) in [7, 11) is 0. The van der Waals surface area contributed by atoms with Crippen molar-refractivity contribution >= 4 is 23.4 Å². The number of benzene rings is 2. The lowest BCUT2D eigenvalue weighted by Crippen LogP contribution is -2.36. The number of hydrogen-bond acceptors (Lipinski definition) is 3. The lowest BCUT2D eigenvalue weighted by Gasteiger charge is -2.17. The van der Waals surface area contributed by atoms with Gasteiger partial charge in [-0.1, -0.05) is 23.7 Å². The van der Waals surface area contributed by atoms with E-state index in [9.17, 15) is 9.59 Å². The van der Waals surface area contributed by atoms with Gasteiger partial charge in [0.25, 0.3) is 11.8 Å². The first-order valence-electron chi connectivity index (χ1n) is 9.53. The number of carbonyl (C=O) groups is 2. The molecule has 1 fully saturated rings. The van der Waals surface area contributed by atoms with Gasteiger partial charge in [-0.3, -0.25) is 9.59 Å². The quantitative estimate of drug-likeness (QED) is 0.798. The molecule has 0 bridgehead atoms. The van der Waals surface area contributed by atoms with Crippen molar-refractivity contribution in [3.63, 3.8) is 0 Å². The van der Waals surface area contributed by atoms with Gasteiger partial charge in [-0.25, -0.2) is 0 Å². The number of amides is 2. The normalized spacial score (nSPS) is 14.6. The van der Waals surface area contributed by atoms with Crippen LogP contribution in [0.2, 0.25) is 5.02 Å². The fraction of sp³-hybridized carbons (Fsp3) is 0.364. The van der Waals surface area contributed by atoms with Gasteiger partial charge in [0.05, 0.1) is 0 Å². The molecular weight excluding hydrogens is 376 g/mol. The van der Waals surface area contributed by atoms with Crippen LogP contribution in [0.4, 0.5) is 0 Å². The Bertz CT molecular complexity index is 863. The molecule has 2 aromatic rings. The Morgan fingerprint density at radius 2 is 1.93 bits per heavy atom. The third kappa shape index (κ3) is 5.04. The second kappa shape index (κ2) is 9.11. The summed E-state index contributed by atoms with van der Waals surface area (Å²) in [6, 6.07) is 12.7. The Labute approximate surface area is 170 Å². The van der Waals surface area contributed by atoms with Gasteiger partial charge in [-0.05, 0) is 68.1 Å². The Morgan fingerprint density at radius 3 is 2.64 bits per heavy atom. The van der Waals surface area contributed by atoms with Crippen LogP contribution in [-0.2, 0) is 11.3 Å². The monoisotopic (exact) mass is 400 g/mol. The molecule has 0 saturated carbocycles. The minimum Gasteiger partial charge on any atom is -0.481 e. The summed E-state index contributed by atoms with van der Waals surface area (Å²) in [6.45, 7) is 5.57. The van der Waals surface area contributed by atoms with E-state index in [1.165, 1.54) is 0 Å². The van der Waals surface area contributed by atoms with Crippen molar-refractivity contribution in [3.8, 4) is 5.75 Å². The summed E-state index contributed by atoms with van der Waals surface area (Å²) in [5, 5.41) is 3.50. The number of aryl methyl sites for hydroxylation is 1.